The summed E-state index contributed by atoms with van der Waals surface area (Å²) in [5.74, 6) is 1.11. The summed E-state index contributed by atoms with van der Waals surface area (Å²) < 4.78 is 31.1. The number of nitrogens with zero attached hydrogens (tertiary/aromatic N) is 1. The molecule has 0 radical (unpaired) electrons. The molecule has 0 amide bonds. The van der Waals surface area contributed by atoms with Crippen molar-refractivity contribution in [1.29, 1.82) is 0 Å². The van der Waals surface area contributed by atoms with Crippen molar-refractivity contribution in [2.45, 2.75) is 18.2 Å². The molecule has 1 aromatic carbocycles. The lowest BCUT2D eigenvalue weighted by Crippen LogP contribution is -2.28. The number of ether oxygens (including phenoxy) is 1. The first kappa shape index (κ1) is 12.4. The van der Waals surface area contributed by atoms with Crippen LogP contribution in [0.5, 0.6) is 5.75 Å². The number of hydrogen-bond acceptors (Lipinski definition) is 3. The molecule has 0 spiro atoms. The molecule has 94 valence electrons. The predicted molar refractivity (Wildman–Crippen MR) is 65.5 cm³/mol. The number of hydrogen-bond donors (Lipinski definition) is 0. The molecule has 1 saturated heterocycles. The van der Waals surface area contributed by atoms with E-state index >= 15 is 0 Å². The second-order valence-corrected chi connectivity index (χ2v) is 6.37. The number of methoxy groups -OCH3 is 1. The second-order valence-electron chi connectivity index (χ2n) is 4.43. The average molecular weight is 255 g/mol. The molecule has 4 nitrogen and oxygen atoms in total. The Morgan fingerprint density at radius 1 is 1.29 bits per heavy atom. The van der Waals surface area contributed by atoms with Gasteiger partial charge in [0, 0.05) is 13.1 Å². The van der Waals surface area contributed by atoms with Crippen LogP contribution in [0.15, 0.2) is 29.2 Å². The van der Waals surface area contributed by atoms with E-state index < -0.39 is 10.0 Å². The van der Waals surface area contributed by atoms with E-state index in [0.717, 1.165) is 6.42 Å². The monoisotopic (exact) mass is 255 g/mol. The lowest BCUT2D eigenvalue weighted by atomic mass is 10.2. The fourth-order valence-corrected chi connectivity index (χ4v) is 3.58. The van der Waals surface area contributed by atoms with Gasteiger partial charge in [-0.1, -0.05) is 6.92 Å². The van der Waals surface area contributed by atoms with E-state index in [-0.39, 0.29) is 0 Å². The van der Waals surface area contributed by atoms with Gasteiger partial charge in [0.15, 0.2) is 0 Å². The molecule has 0 aromatic heterocycles. The van der Waals surface area contributed by atoms with Crippen molar-refractivity contribution < 1.29 is 13.2 Å². The van der Waals surface area contributed by atoms with Crippen LogP contribution in [-0.4, -0.2) is 32.9 Å². The maximum Gasteiger partial charge on any atom is 0.243 e. The molecule has 0 saturated carbocycles. The normalized spacial score (nSPS) is 21.6. The van der Waals surface area contributed by atoms with Gasteiger partial charge < -0.3 is 4.74 Å². The Morgan fingerprint density at radius 3 is 2.41 bits per heavy atom. The van der Waals surface area contributed by atoms with Crippen LogP contribution in [0.3, 0.4) is 0 Å². The minimum absolute atomic E-state index is 0.340. The molecule has 5 heteroatoms. The Morgan fingerprint density at radius 2 is 1.94 bits per heavy atom. The van der Waals surface area contributed by atoms with E-state index in [2.05, 4.69) is 6.92 Å². The largest absolute Gasteiger partial charge is 0.497 e. The molecule has 1 heterocycles. The van der Waals surface area contributed by atoms with Crippen molar-refractivity contribution in [1.82, 2.24) is 4.31 Å². The summed E-state index contributed by atoms with van der Waals surface area (Å²) in [6, 6.07) is 6.53. The summed E-state index contributed by atoms with van der Waals surface area (Å²) in [6.45, 7) is 3.31. The molecule has 0 N–H and O–H groups in total. The van der Waals surface area contributed by atoms with E-state index in [0.29, 0.717) is 29.7 Å². The van der Waals surface area contributed by atoms with Gasteiger partial charge >= 0.3 is 0 Å². The van der Waals surface area contributed by atoms with Crippen molar-refractivity contribution >= 4 is 10.0 Å². The summed E-state index contributed by atoms with van der Waals surface area (Å²) >= 11 is 0. The number of rotatable bonds is 3. The zero-order chi connectivity index (χ0) is 12.5. The summed E-state index contributed by atoms with van der Waals surface area (Å²) in [6.07, 6.45) is 0.940. The van der Waals surface area contributed by atoms with Crippen LogP contribution in [0, 0.1) is 5.92 Å². The van der Waals surface area contributed by atoms with Gasteiger partial charge in [-0.15, -0.1) is 0 Å². The lowest BCUT2D eigenvalue weighted by molar-refractivity contribution is 0.414. The van der Waals surface area contributed by atoms with Gasteiger partial charge in [-0.3, -0.25) is 0 Å². The first-order chi connectivity index (χ1) is 8.04. The van der Waals surface area contributed by atoms with Gasteiger partial charge in [-0.25, -0.2) is 8.42 Å². The quantitative estimate of drug-likeness (QED) is 0.826. The third-order valence-electron chi connectivity index (χ3n) is 3.08. The summed E-state index contributed by atoms with van der Waals surface area (Å²) in [7, 11) is -1.76. The van der Waals surface area contributed by atoms with E-state index in [4.69, 9.17) is 4.74 Å². The average Bonchev–Trinajstić information content (AvgIpc) is 2.77. The van der Waals surface area contributed by atoms with Gasteiger partial charge in [-0.05, 0) is 36.6 Å². The molecule has 0 bridgehead atoms. The molecule has 1 atom stereocenters. The Hall–Kier alpha value is -1.07. The highest BCUT2D eigenvalue weighted by molar-refractivity contribution is 7.89. The SMILES string of the molecule is COc1ccc(S(=O)(=O)N2CCC(C)C2)cc1. The molecule has 2 rings (SSSR count). The summed E-state index contributed by atoms with van der Waals surface area (Å²) in [5, 5.41) is 0. The van der Waals surface area contributed by atoms with E-state index in [1.165, 1.54) is 0 Å². The van der Waals surface area contributed by atoms with Crippen molar-refractivity contribution in [2.24, 2.45) is 5.92 Å². The molecular weight excluding hydrogens is 238 g/mol. The van der Waals surface area contributed by atoms with Crippen molar-refractivity contribution in [3.63, 3.8) is 0 Å². The first-order valence-corrected chi connectivity index (χ1v) is 7.12. The maximum absolute atomic E-state index is 12.3. The van der Waals surface area contributed by atoms with Crippen molar-refractivity contribution in [2.75, 3.05) is 20.2 Å². The van der Waals surface area contributed by atoms with Gasteiger partial charge in [-0.2, -0.15) is 4.31 Å². The van der Waals surface area contributed by atoms with Crippen LogP contribution in [0.4, 0.5) is 0 Å². The Bertz CT molecular complexity index is 481. The maximum atomic E-state index is 12.3. The first-order valence-electron chi connectivity index (χ1n) is 5.68. The minimum atomic E-state index is -3.32. The summed E-state index contributed by atoms with van der Waals surface area (Å²) in [4.78, 5) is 0.340. The van der Waals surface area contributed by atoms with Gasteiger partial charge in [0.2, 0.25) is 10.0 Å². The van der Waals surface area contributed by atoms with Gasteiger partial charge in [0.25, 0.3) is 0 Å². The topological polar surface area (TPSA) is 46.6 Å². The van der Waals surface area contributed by atoms with Gasteiger partial charge in [0.1, 0.15) is 5.75 Å². The van der Waals surface area contributed by atoms with Crippen LogP contribution in [-0.2, 0) is 10.0 Å². The van der Waals surface area contributed by atoms with E-state index in [1.807, 2.05) is 0 Å². The number of benzene rings is 1. The molecule has 1 aromatic rings. The smallest absolute Gasteiger partial charge is 0.243 e. The van der Waals surface area contributed by atoms with Crippen molar-refractivity contribution in [3.8, 4) is 5.75 Å². The second kappa shape index (κ2) is 4.66. The van der Waals surface area contributed by atoms with Crippen LogP contribution in [0.25, 0.3) is 0 Å². The van der Waals surface area contributed by atoms with Crippen LogP contribution >= 0.6 is 0 Å². The van der Waals surface area contributed by atoms with Crippen molar-refractivity contribution in [3.05, 3.63) is 24.3 Å². The third-order valence-corrected chi connectivity index (χ3v) is 4.96. The molecule has 1 fully saturated rings. The molecule has 17 heavy (non-hydrogen) atoms. The predicted octanol–water partition coefficient (Wildman–Crippen LogP) is 1.73. The van der Waals surface area contributed by atoms with E-state index in [1.54, 1.807) is 35.7 Å². The van der Waals surface area contributed by atoms with Crippen LogP contribution in [0.2, 0.25) is 0 Å². The highest BCUT2D eigenvalue weighted by Gasteiger charge is 2.30. The minimum Gasteiger partial charge on any atom is -0.497 e. The highest BCUT2D eigenvalue weighted by Crippen LogP contribution is 2.25. The van der Waals surface area contributed by atoms with Gasteiger partial charge in [0.05, 0.1) is 12.0 Å². The molecule has 0 aliphatic carbocycles. The Labute approximate surface area is 102 Å². The third kappa shape index (κ3) is 2.45. The standard InChI is InChI=1S/C12H17NO3S/c1-10-7-8-13(9-10)17(14,15)12-5-3-11(16-2)4-6-12/h3-6,10H,7-9H2,1-2H3. The fraction of sp³-hybridized carbons (Fsp3) is 0.500. The molecule has 1 aliphatic heterocycles. The van der Waals surface area contributed by atoms with E-state index in [9.17, 15) is 8.42 Å². The number of sulfonamides is 1. The van der Waals surface area contributed by atoms with Crippen LogP contribution in [0.1, 0.15) is 13.3 Å². The zero-order valence-corrected chi connectivity index (χ0v) is 10.9. The summed E-state index contributed by atoms with van der Waals surface area (Å²) in [5.41, 5.74) is 0. The van der Waals surface area contributed by atoms with Crippen LogP contribution < -0.4 is 4.74 Å². The molecular formula is C12H17NO3S. The molecule has 1 aliphatic rings. The Balaban J connectivity index is 2.25. The fourth-order valence-electron chi connectivity index (χ4n) is 2.01. The Kier molecular flexibility index (Phi) is 3.40. The highest BCUT2D eigenvalue weighted by atomic mass is 32.2. The molecule has 1 unspecified atom stereocenters. The lowest BCUT2D eigenvalue weighted by Gasteiger charge is -2.16. The zero-order valence-electron chi connectivity index (χ0n) is 10.1.